The van der Waals surface area contributed by atoms with E-state index in [0.29, 0.717) is 10.8 Å². The lowest BCUT2D eigenvalue weighted by Crippen LogP contribution is -2.33. The molecule has 4 heteroatoms. The van der Waals surface area contributed by atoms with E-state index in [-0.39, 0.29) is 5.75 Å². The van der Waals surface area contributed by atoms with Gasteiger partial charge in [-0.1, -0.05) is 24.4 Å². The number of rotatable bonds is 2. The Morgan fingerprint density at radius 3 is 2.56 bits per heavy atom. The summed E-state index contributed by atoms with van der Waals surface area (Å²) in [4.78, 5) is 0. The van der Waals surface area contributed by atoms with E-state index in [9.17, 15) is 5.11 Å². The third kappa shape index (κ3) is 1.74. The highest BCUT2D eigenvalue weighted by Crippen LogP contribution is 2.47. The van der Waals surface area contributed by atoms with Crippen LogP contribution in [0.4, 0.5) is 0 Å². The molecule has 3 N–H and O–H groups in total. The van der Waals surface area contributed by atoms with Crippen molar-refractivity contribution in [3.05, 3.63) is 22.7 Å². The second kappa shape index (κ2) is 4.15. The Hall–Kier alpha value is -0.930. The largest absolute Gasteiger partial charge is 0.504 e. The maximum absolute atomic E-state index is 9.75. The van der Waals surface area contributed by atoms with Crippen molar-refractivity contribution in [1.82, 2.24) is 0 Å². The smallest absolute Gasteiger partial charge is 0.167 e. The van der Waals surface area contributed by atoms with Crippen LogP contribution in [-0.4, -0.2) is 12.2 Å². The average Bonchev–Trinajstić information content (AvgIpc) is 2.69. The Labute approximate surface area is 100 Å². The zero-order chi connectivity index (χ0) is 11.8. The maximum atomic E-state index is 9.75. The highest BCUT2D eigenvalue weighted by molar-refractivity contribution is 6.31. The highest BCUT2D eigenvalue weighted by atomic mass is 35.5. The van der Waals surface area contributed by atoms with Crippen molar-refractivity contribution in [1.29, 1.82) is 0 Å². The Kier molecular flexibility index (Phi) is 3.00. The lowest BCUT2D eigenvalue weighted by Gasteiger charge is -2.27. The molecular weight excluding hydrogens is 226 g/mol. The SMILES string of the molecule is COc1c(O)ccc(Cl)c1C1(N)CCCC1. The molecule has 0 atom stereocenters. The lowest BCUT2D eigenvalue weighted by molar-refractivity contribution is 0.349. The summed E-state index contributed by atoms with van der Waals surface area (Å²) in [5.74, 6) is 0.510. The van der Waals surface area contributed by atoms with Gasteiger partial charge >= 0.3 is 0 Å². The van der Waals surface area contributed by atoms with Crippen LogP contribution in [0.2, 0.25) is 5.02 Å². The molecule has 0 heterocycles. The topological polar surface area (TPSA) is 55.5 Å². The fourth-order valence-electron chi connectivity index (χ4n) is 2.47. The number of benzene rings is 1. The van der Waals surface area contributed by atoms with Gasteiger partial charge in [0.2, 0.25) is 0 Å². The normalized spacial score (nSPS) is 18.7. The van der Waals surface area contributed by atoms with Gasteiger partial charge in [0, 0.05) is 16.1 Å². The minimum Gasteiger partial charge on any atom is -0.504 e. The van der Waals surface area contributed by atoms with Crippen molar-refractivity contribution < 1.29 is 9.84 Å². The molecule has 1 aromatic carbocycles. The monoisotopic (exact) mass is 241 g/mol. The summed E-state index contributed by atoms with van der Waals surface area (Å²) in [5, 5.41) is 10.3. The molecule has 0 radical (unpaired) electrons. The molecule has 1 aromatic rings. The van der Waals surface area contributed by atoms with Crippen molar-refractivity contribution in [2.24, 2.45) is 5.73 Å². The maximum Gasteiger partial charge on any atom is 0.167 e. The van der Waals surface area contributed by atoms with Crippen LogP contribution >= 0.6 is 11.6 Å². The number of ether oxygens (including phenoxy) is 1. The van der Waals surface area contributed by atoms with E-state index >= 15 is 0 Å². The Morgan fingerprint density at radius 2 is 2.00 bits per heavy atom. The van der Waals surface area contributed by atoms with Crippen LogP contribution in [0.1, 0.15) is 31.2 Å². The van der Waals surface area contributed by atoms with E-state index in [1.165, 1.54) is 13.2 Å². The summed E-state index contributed by atoms with van der Waals surface area (Å²) in [6.45, 7) is 0. The first-order valence-corrected chi connectivity index (χ1v) is 5.81. The molecule has 0 saturated heterocycles. The van der Waals surface area contributed by atoms with Gasteiger partial charge in [-0.05, 0) is 25.0 Å². The summed E-state index contributed by atoms with van der Waals surface area (Å²) in [6.07, 6.45) is 3.94. The lowest BCUT2D eigenvalue weighted by atomic mass is 9.88. The average molecular weight is 242 g/mol. The van der Waals surface area contributed by atoms with E-state index in [1.807, 2.05) is 0 Å². The van der Waals surface area contributed by atoms with Gasteiger partial charge < -0.3 is 15.6 Å². The molecule has 0 unspecified atom stereocenters. The number of hydrogen-bond donors (Lipinski definition) is 2. The Morgan fingerprint density at radius 1 is 1.38 bits per heavy atom. The number of methoxy groups -OCH3 is 1. The van der Waals surface area contributed by atoms with Gasteiger partial charge in [0.15, 0.2) is 11.5 Å². The fourth-order valence-corrected chi connectivity index (χ4v) is 2.81. The summed E-state index contributed by atoms with van der Waals surface area (Å²) in [7, 11) is 1.52. The first-order chi connectivity index (χ1) is 7.58. The molecule has 1 saturated carbocycles. The standard InChI is InChI=1S/C12H16ClNO2/c1-16-11-9(15)5-4-8(13)10(11)12(14)6-2-3-7-12/h4-5,15H,2-3,6-7,14H2,1H3. The van der Waals surface area contributed by atoms with Crippen LogP contribution in [0.25, 0.3) is 0 Å². The quantitative estimate of drug-likeness (QED) is 0.837. The molecule has 0 aromatic heterocycles. The van der Waals surface area contributed by atoms with E-state index in [2.05, 4.69) is 0 Å². The number of halogens is 1. The van der Waals surface area contributed by atoms with Crippen LogP contribution in [0.15, 0.2) is 12.1 Å². The van der Waals surface area contributed by atoms with Crippen molar-refractivity contribution in [2.45, 2.75) is 31.2 Å². The number of hydrogen-bond acceptors (Lipinski definition) is 3. The molecule has 1 aliphatic rings. The van der Waals surface area contributed by atoms with Crippen LogP contribution in [-0.2, 0) is 5.54 Å². The van der Waals surface area contributed by atoms with E-state index in [4.69, 9.17) is 22.1 Å². The van der Waals surface area contributed by atoms with Gasteiger partial charge in [-0.2, -0.15) is 0 Å². The molecule has 2 rings (SSSR count). The molecule has 0 aliphatic heterocycles. The minimum absolute atomic E-state index is 0.0959. The number of phenols is 1. The first-order valence-electron chi connectivity index (χ1n) is 5.43. The third-order valence-electron chi connectivity index (χ3n) is 3.28. The van der Waals surface area contributed by atoms with Crippen molar-refractivity contribution in [3.8, 4) is 11.5 Å². The molecule has 1 aliphatic carbocycles. The first kappa shape index (κ1) is 11.6. The van der Waals surface area contributed by atoms with Crippen LogP contribution in [0, 0.1) is 0 Å². The van der Waals surface area contributed by atoms with Crippen molar-refractivity contribution in [2.75, 3.05) is 7.11 Å². The second-order valence-corrected chi connectivity index (χ2v) is 4.75. The zero-order valence-corrected chi connectivity index (χ0v) is 10.0. The van der Waals surface area contributed by atoms with Gasteiger partial charge in [-0.25, -0.2) is 0 Å². The van der Waals surface area contributed by atoms with Crippen LogP contribution in [0.5, 0.6) is 11.5 Å². The van der Waals surface area contributed by atoms with Gasteiger partial charge in [0.05, 0.1) is 7.11 Å². The van der Waals surface area contributed by atoms with E-state index < -0.39 is 5.54 Å². The molecule has 3 nitrogen and oxygen atoms in total. The summed E-state index contributed by atoms with van der Waals surface area (Å²) in [5.41, 5.74) is 6.64. The van der Waals surface area contributed by atoms with Gasteiger partial charge in [0.1, 0.15) is 0 Å². The predicted molar refractivity (Wildman–Crippen MR) is 64.0 cm³/mol. The summed E-state index contributed by atoms with van der Waals surface area (Å²) in [6, 6.07) is 3.20. The highest BCUT2D eigenvalue weighted by Gasteiger charge is 2.36. The van der Waals surface area contributed by atoms with Crippen molar-refractivity contribution in [3.63, 3.8) is 0 Å². The Bertz CT molecular complexity index is 400. The number of nitrogens with two attached hydrogens (primary N) is 1. The van der Waals surface area contributed by atoms with Gasteiger partial charge in [-0.15, -0.1) is 0 Å². The van der Waals surface area contributed by atoms with E-state index in [1.54, 1.807) is 6.07 Å². The van der Waals surface area contributed by atoms with Gasteiger partial charge in [0.25, 0.3) is 0 Å². The molecule has 1 fully saturated rings. The molecule has 88 valence electrons. The third-order valence-corrected chi connectivity index (χ3v) is 3.60. The Balaban J connectivity index is 2.57. The van der Waals surface area contributed by atoms with Crippen LogP contribution < -0.4 is 10.5 Å². The molecule has 0 spiro atoms. The van der Waals surface area contributed by atoms with E-state index in [0.717, 1.165) is 31.2 Å². The zero-order valence-electron chi connectivity index (χ0n) is 9.29. The number of aromatic hydroxyl groups is 1. The fraction of sp³-hybridized carbons (Fsp3) is 0.500. The van der Waals surface area contributed by atoms with Gasteiger partial charge in [-0.3, -0.25) is 0 Å². The molecule has 16 heavy (non-hydrogen) atoms. The molecular formula is C12H16ClNO2. The van der Waals surface area contributed by atoms with Crippen molar-refractivity contribution >= 4 is 11.6 Å². The minimum atomic E-state index is -0.457. The van der Waals surface area contributed by atoms with Crippen LogP contribution in [0.3, 0.4) is 0 Å². The predicted octanol–water partition coefficient (Wildman–Crippen LogP) is 2.78. The molecule has 0 bridgehead atoms. The summed E-state index contributed by atoms with van der Waals surface area (Å²) >= 11 is 6.18. The molecule has 0 amide bonds. The second-order valence-electron chi connectivity index (χ2n) is 4.34. The number of phenolic OH excluding ortho intramolecular Hbond substituents is 1. The summed E-state index contributed by atoms with van der Waals surface area (Å²) < 4.78 is 5.22.